The molecule has 1 aliphatic heterocycles. The molecule has 0 aliphatic carbocycles. The van der Waals surface area contributed by atoms with E-state index in [4.69, 9.17) is 4.74 Å². The van der Waals surface area contributed by atoms with E-state index in [0.29, 0.717) is 22.1 Å². The number of nitrogens with one attached hydrogen (secondary N) is 1. The molecule has 8 heteroatoms. The van der Waals surface area contributed by atoms with Crippen LogP contribution in [0.15, 0.2) is 64.6 Å². The van der Waals surface area contributed by atoms with Crippen LogP contribution in [0, 0.1) is 0 Å². The fourth-order valence-corrected chi connectivity index (χ4v) is 4.23. The minimum atomic E-state index is -0.581. The normalized spacial score (nSPS) is 14.9. The van der Waals surface area contributed by atoms with Gasteiger partial charge in [-0.25, -0.2) is 4.90 Å². The Morgan fingerprint density at radius 1 is 1.26 bits per heavy atom. The lowest BCUT2D eigenvalue weighted by Crippen LogP contribution is -2.59. The van der Waals surface area contributed by atoms with E-state index in [1.807, 2.05) is 67.6 Å². The Bertz CT molecular complexity index is 1200. The second-order valence-corrected chi connectivity index (χ2v) is 8.19. The summed E-state index contributed by atoms with van der Waals surface area (Å²) in [4.78, 5) is 30.3. The molecule has 3 aromatic rings. The van der Waals surface area contributed by atoms with Gasteiger partial charge in [0.25, 0.3) is 6.17 Å². The first-order chi connectivity index (χ1) is 15.0. The van der Waals surface area contributed by atoms with E-state index >= 15 is 0 Å². The first-order valence-corrected chi connectivity index (χ1v) is 10.9. The van der Waals surface area contributed by atoms with Crippen molar-refractivity contribution in [1.29, 1.82) is 0 Å². The van der Waals surface area contributed by atoms with Gasteiger partial charge in [0.1, 0.15) is 5.75 Å². The fraction of sp³-hybridized carbons (Fsp3) is 0.217. The average Bonchev–Trinajstić information content (AvgIpc) is 2.77. The standard InChI is InChI=1S/C23H22N4O3S/c1-4-31-23-24-22(29)21-18-7-5-6-8-19(18)26(15(2)28)20(27(21)25-23)14-11-16-9-12-17(30-3)13-10-16/h5-14,20H,4H2,1-3H3/p+1/b14-11+. The molecule has 1 unspecified atom stereocenters. The van der Waals surface area contributed by atoms with Gasteiger partial charge in [-0.15, -0.1) is 0 Å². The van der Waals surface area contributed by atoms with Crippen LogP contribution in [-0.4, -0.2) is 28.9 Å². The highest BCUT2D eigenvalue weighted by Crippen LogP contribution is 2.35. The number of rotatable bonds is 5. The predicted molar refractivity (Wildman–Crippen MR) is 121 cm³/mol. The van der Waals surface area contributed by atoms with Crippen LogP contribution in [-0.2, 0) is 4.79 Å². The molecular weight excluding hydrogens is 412 g/mol. The number of aromatic nitrogens is 3. The Hall–Kier alpha value is -3.39. The van der Waals surface area contributed by atoms with Gasteiger partial charge in [0, 0.05) is 18.1 Å². The van der Waals surface area contributed by atoms with Crippen molar-refractivity contribution >= 4 is 29.4 Å². The third-order valence-corrected chi connectivity index (χ3v) is 5.74. The number of H-pyrrole nitrogens is 1. The summed E-state index contributed by atoms with van der Waals surface area (Å²) in [5.74, 6) is 1.40. The SMILES string of the molecule is CCSc1n[n+]2c(c(=O)[nH]1)-c1ccccc1N(C(C)=O)C2/C=C/c1ccc(OC)cc1. The van der Waals surface area contributed by atoms with Crippen molar-refractivity contribution in [3.05, 3.63) is 70.5 Å². The lowest BCUT2D eigenvalue weighted by atomic mass is 10.0. The zero-order valence-corrected chi connectivity index (χ0v) is 18.3. The number of carbonyl (C=O) groups is 1. The molecule has 31 heavy (non-hydrogen) atoms. The van der Waals surface area contributed by atoms with Crippen molar-refractivity contribution < 1.29 is 14.2 Å². The van der Waals surface area contributed by atoms with Gasteiger partial charge in [0.15, 0.2) is 0 Å². The van der Waals surface area contributed by atoms with E-state index in [1.54, 1.807) is 16.7 Å². The zero-order valence-electron chi connectivity index (χ0n) is 17.5. The molecule has 0 saturated carbocycles. The summed E-state index contributed by atoms with van der Waals surface area (Å²) in [6, 6.07) is 15.0. The lowest BCUT2D eigenvalue weighted by molar-refractivity contribution is -0.761. The van der Waals surface area contributed by atoms with Crippen LogP contribution >= 0.6 is 11.8 Å². The van der Waals surface area contributed by atoms with Crippen molar-refractivity contribution in [3.8, 4) is 17.0 Å². The summed E-state index contributed by atoms with van der Waals surface area (Å²) < 4.78 is 6.85. The number of para-hydroxylation sites is 1. The topological polar surface area (TPSA) is 79.2 Å². The molecule has 1 N–H and O–H groups in total. The number of benzene rings is 2. The maximum absolute atomic E-state index is 13.0. The number of fused-ring (bicyclic) bond motifs is 3. The van der Waals surface area contributed by atoms with E-state index < -0.39 is 6.17 Å². The number of thioether (sulfide) groups is 1. The van der Waals surface area contributed by atoms with Crippen LogP contribution in [0.4, 0.5) is 5.69 Å². The predicted octanol–water partition coefficient (Wildman–Crippen LogP) is 3.42. The highest BCUT2D eigenvalue weighted by atomic mass is 32.2. The lowest BCUT2D eigenvalue weighted by Gasteiger charge is -2.29. The van der Waals surface area contributed by atoms with Crippen LogP contribution in [0.3, 0.4) is 0 Å². The Morgan fingerprint density at radius 2 is 2.00 bits per heavy atom. The van der Waals surface area contributed by atoms with Gasteiger partial charge in [0.05, 0.1) is 18.4 Å². The molecule has 2 heterocycles. The van der Waals surface area contributed by atoms with Crippen molar-refractivity contribution in [2.45, 2.75) is 25.2 Å². The van der Waals surface area contributed by atoms with Gasteiger partial charge in [-0.1, -0.05) is 49.0 Å². The second kappa shape index (κ2) is 8.77. The zero-order chi connectivity index (χ0) is 22.0. The van der Waals surface area contributed by atoms with E-state index in [2.05, 4.69) is 10.1 Å². The second-order valence-electron chi connectivity index (χ2n) is 6.94. The van der Waals surface area contributed by atoms with Gasteiger partial charge >= 0.3 is 11.3 Å². The Kier molecular flexibility index (Phi) is 5.90. The molecule has 158 valence electrons. The molecule has 1 atom stereocenters. The average molecular weight is 436 g/mol. The molecule has 0 bridgehead atoms. The van der Waals surface area contributed by atoms with Gasteiger partial charge in [-0.05, 0) is 40.3 Å². The van der Waals surface area contributed by atoms with Crippen molar-refractivity contribution in [2.24, 2.45) is 0 Å². The summed E-state index contributed by atoms with van der Waals surface area (Å²) in [7, 11) is 1.62. The number of nitrogens with zero attached hydrogens (tertiary/aromatic N) is 3. The molecule has 1 amide bonds. The molecule has 0 fully saturated rings. The van der Waals surface area contributed by atoms with Crippen LogP contribution in [0.1, 0.15) is 25.6 Å². The Balaban J connectivity index is 1.89. The molecule has 7 nitrogen and oxygen atoms in total. The summed E-state index contributed by atoms with van der Waals surface area (Å²) >= 11 is 1.44. The summed E-state index contributed by atoms with van der Waals surface area (Å²) in [5.41, 5.74) is 2.50. The Morgan fingerprint density at radius 3 is 2.68 bits per heavy atom. The number of hydrogen-bond acceptors (Lipinski definition) is 5. The number of hydrogen-bond donors (Lipinski definition) is 1. The van der Waals surface area contributed by atoms with Crippen LogP contribution in [0.2, 0.25) is 0 Å². The van der Waals surface area contributed by atoms with E-state index in [9.17, 15) is 9.59 Å². The van der Waals surface area contributed by atoms with Crippen molar-refractivity contribution in [3.63, 3.8) is 0 Å². The molecule has 0 spiro atoms. The monoisotopic (exact) mass is 435 g/mol. The molecule has 4 rings (SSSR count). The first-order valence-electron chi connectivity index (χ1n) is 9.94. The van der Waals surface area contributed by atoms with E-state index in [-0.39, 0.29) is 11.5 Å². The molecule has 2 aromatic carbocycles. The molecule has 1 aliphatic rings. The van der Waals surface area contributed by atoms with Crippen molar-refractivity contribution in [1.82, 2.24) is 10.1 Å². The number of carbonyl (C=O) groups excluding carboxylic acids is 1. The first kappa shape index (κ1) is 20.9. The Labute approximate surface area is 184 Å². The van der Waals surface area contributed by atoms with Gasteiger partial charge in [-0.2, -0.15) is 0 Å². The van der Waals surface area contributed by atoms with Gasteiger partial charge in [-0.3, -0.25) is 14.6 Å². The third kappa shape index (κ3) is 3.98. The quantitative estimate of drug-likeness (QED) is 0.491. The highest BCUT2D eigenvalue weighted by Gasteiger charge is 2.42. The van der Waals surface area contributed by atoms with E-state index in [0.717, 1.165) is 17.1 Å². The largest absolute Gasteiger partial charge is 0.497 e. The fourth-order valence-electron chi connectivity index (χ4n) is 3.64. The number of anilines is 1. The molecule has 0 radical (unpaired) electrons. The number of amides is 1. The van der Waals surface area contributed by atoms with E-state index in [1.165, 1.54) is 18.7 Å². The minimum absolute atomic E-state index is 0.137. The molecule has 1 aromatic heterocycles. The van der Waals surface area contributed by atoms with Gasteiger partial charge < -0.3 is 4.74 Å². The molecule has 0 saturated heterocycles. The number of aromatic amines is 1. The number of ether oxygens (including phenoxy) is 1. The van der Waals surface area contributed by atoms with Crippen molar-refractivity contribution in [2.75, 3.05) is 17.8 Å². The van der Waals surface area contributed by atoms with Crippen LogP contribution in [0.5, 0.6) is 5.75 Å². The highest BCUT2D eigenvalue weighted by molar-refractivity contribution is 7.99. The van der Waals surface area contributed by atoms with Gasteiger partial charge in [0.2, 0.25) is 11.1 Å². The molecular formula is C23H23N4O3S+. The summed E-state index contributed by atoms with van der Waals surface area (Å²) in [6.45, 7) is 3.51. The maximum Gasteiger partial charge on any atom is 0.325 e. The maximum atomic E-state index is 13.0. The smallest absolute Gasteiger partial charge is 0.325 e. The number of methoxy groups -OCH3 is 1. The third-order valence-electron chi connectivity index (χ3n) is 4.99. The van der Waals surface area contributed by atoms with Crippen LogP contribution < -0.4 is 19.9 Å². The minimum Gasteiger partial charge on any atom is -0.497 e. The van der Waals surface area contributed by atoms with Crippen LogP contribution in [0.25, 0.3) is 17.3 Å². The summed E-state index contributed by atoms with van der Waals surface area (Å²) in [5, 5.41) is 5.19. The summed E-state index contributed by atoms with van der Waals surface area (Å²) in [6.07, 6.45) is 3.22.